The van der Waals surface area contributed by atoms with Crippen molar-refractivity contribution in [2.24, 2.45) is 0 Å². The van der Waals surface area contributed by atoms with E-state index in [9.17, 15) is 9.59 Å². The van der Waals surface area contributed by atoms with E-state index >= 15 is 0 Å². The maximum atomic E-state index is 11.5. The number of carbonyl (C=O) groups excluding carboxylic acids is 2. The first-order chi connectivity index (χ1) is 11.1. The highest BCUT2D eigenvalue weighted by atomic mass is 32.2. The predicted octanol–water partition coefficient (Wildman–Crippen LogP) is 1.75. The van der Waals surface area contributed by atoms with Gasteiger partial charge in [-0.1, -0.05) is 22.7 Å². The number of aromatic amines is 2. The Morgan fingerprint density at radius 3 is 1.65 bits per heavy atom. The van der Waals surface area contributed by atoms with Crippen LogP contribution in [0.2, 0.25) is 0 Å². The van der Waals surface area contributed by atoms with Crippen LogP contribution in [0.4, 0.5) is 0 Å². The zero-order valence-corrected chi connectivity index (χ0v) is 14.7. The maximum Gasteiger partial charge on any atom is 0.369 e. The molecule has 9 nitrogen and oxygen atoms in total. The van der Waals surface area contributed by atoms with Crippen LogP contribution < -0.4 is 0 Å². The molecule has 0 spiro atoms. The molecule has 0 radical (unpaired) electrons. The molecule has 0 saturated carbocycles. The molecular formula is C10H10N4O5S4. The summed E-state index contributed by atoms with van der Waals surface area (Å²) >= 11 is 11.7. The largest absolute Gasteiger partial charge is 0.458 e. The SMILES string of the molecule is O=C(OCCOCCOC(=O)c1n[nH]c(=S)s1)c1n[nH]c(=S)s1. The van der Waals surface area contributed by atoms with E-state index in [-0.39, 0.29) is 36.4 Å². The van der Waals surface area contributed by atoms with Crippen molar-refractivity contribution < 1.29 is 23.8 Å². The topological polar surface area (TPSA) is 119 Å². The van der Waals surface area contributed by atoms with E-state index in [4.69, 9.17) is 38.6 Å². The molecule has 0 fully saturated rings. The molecule has 2 rings (SSSR count). The Balaban J connectivity index is 1.54. The molecule has 0 aliphatic rings. The lowest BCUT2D eigenvalue weighted by molar-refractivity contribution is 0.0150. The van der Waals surface area contributed by atoms with Crippen LogP contribution in [0, 0.1) is 7.91 Å². The average molecular weight is 394 g/mol. The van der Waals surface area contributed by atoms with Crippen LogP contribution in [0.1, 0.15) is 19.6 Å². The smallest absolute Gasteiger partial charge is 0.369 e. The number of hydrogen-bond donors (Lipinski definition) is 2. The van der Waals surface area contributed by atoms with Gasteiger partial charge in [0.25, 0.3) is 0 Å². The minimum Gasteiger partial charge on any atom is -0.458 e. The summed E-state index contributed by atoms with van der Waals surface area (Å²) in [5.74, 6) is -1.14. The van der Waals surface area contributed by atoms with Gasteiger partial charge in [-0.2, -0.15) is 10.2 Å². The fraction of sp³-hybridized carbons (Fsp3) is 0.400. The second-order valence-electron chi connectivity index (χ2n) is 3.72. The predicted molar refractivity (Wildman–Crippen MR) is 86.0 cm³/mol. The van der Waals surface area contributed by atoms with Crippen molar-refractivity contribution >= 4 is 59.0 Å². The van der Waals surface area contributed by atoms with Gasteiger partial charge in [-0.3, -0.25) is 10.2 Å². The lowest BCUT2D eigenvalue weighted by Gasteiger charge is -2.05. The van der Waals surface area contributed by atoms with Crippen LogP contribution >= 0.6 is 47.1 Å². The number of rotatable bonds is 8. The number of ether oxygens (including phenoxy) is 3. The highest BCUT2D eigenvalue weighted by Gasteiger charge is 2.12. The minimum absolute atomic E-state index is 0.0554. The van der Waals surface area contributed by atoms with Gasteiger partial charge in [-0.25, -0.2) is 9.59 Å². The summed E-state index contributed by atoms with van der Waals surface area (Å²) in [5.41, 5.74) is 0. The average Bonchev–Trinajstić information content (AvgIpc) is 3.14. The Morgan fingerprint density at radius 2 is 1.30 bits per heavy atom. The molecule has 2 N–H and O–H groups in total. The Bertz CT molecular complexity index is 714. The first-order valence-corrected chi connectivity index (χ1v) is 8.54. The number of H-pyrrole nitrogens is 2. The second kappa shape index (κ2) is 8.93. The van der Waals surface area contributed by atoms with Crippen molar-refractivity contribution in [1.29, 1.82) is 0 Å². The molecule has 124 valence electrons. The van der Waals surface area contributed by atoms with Gasteiger partial charge in [0, 0.05) is 0 Å². The molecule has 0 unspecified atom stereocenters. The minimum atomic E-state index is -0.572. The van der Waals surface area contributed by atoms with Gasteiger partial charge >= 0.3 is 11.9 Å². The molecule has 0 atom stereocenters. The molecule has 2 heterocycles. The van der Waals surface area contributed by atoms with Gasteiger partial charge in [-0.15, -0.1) is 0 Å². The van der Waals surface area contributed by atoms with Crippen LogP contribution in [0.5, 0.6) is 0 Å². The Hall–Kier alpha value is -1.54. The summed E-state index contributed by atoms with van der Waals surface area (Å²) in [7, 11) is 0. The number of nitrogens with zero attached hydrogens (tertiary/aromatic N) is 2. The monoisotopic (exact) mass is 394 g/mol. The molecular weight excluding hydrogens is 384 g/mol. The Morgan fingerprint density at radius 1 is 0.870 bits per heavy atom. The first-order valence-electron chi connectivity index (χ1n) is 6.09. The fourth-order valence-corrected chi connectivity index (χ4v) is 2.81. The van der Waals surface area contributed by atoms with Crippen molar-refractivity contribution in [3.8, 4) is 0 Å². The third-order valence-electron chi connectivity index (χ3n) is 2.15. The molecule has 13 heteroatoms. The molecule has 2 aromatic rings. The normalized spacial score (nSPS) is 10.4. The third-order valence-corrected chi connectivity index (χ3v) is 4.29. The molecule has 0 bridgehead atoms. The number of carbonyl (C=O) groups is 2. The maximum absolute atomic E-state index is 11.5. The summed E-state index contributed by atoms with van der Waals surface area (Å²) in [4.78, 5) is 23.0. The van der Waals surface area contributed by atoms with Crippen LogP contribution in [0.15, 0.2) is 0 Å². The lowest BCUT2D eigenvalue weighted by atomic mass is 10.6. The summed E-state index contributed by atoms with van der Waals surface area (Å²) in [6.45, 7) is 0.445. The van der Waals surface area contributed by atoms with E-state index in [1.165, 1.54) is 0 Å². The molecule has 0 aliphatic heterocycles. The van der Waals surface area contributed by atoms with Crippen molar-refractivity contribution in [3.63, 3.8) is 0 Å². The van der Waals surface area contributed by atoms with Gasteiger partial charge in [0.15, 0.2) is 7.91 Å². The number of esters is 2. The van der Waals surface area contributed by atoms with Gasteiger partial charge in [0.1, 0.15) is 13.2 Å². The third kappa shape index (κ3) is 5.87. The molecule has 0 saturated heterocycles. The van der Waals surface area contributed by atoms with Gasteiger partial charge < -0.3 is 14.2 Å². The van der Waals surface area contributed by atoms with E-state index < -0.39 is 11.9 Å². The summed E-state index contributed by atoms with van der Waals surface area (Å²) in [6.07, 6.45) is 0. The highest BCUT2D eigenvalue weighted by Crippen LogP contribution is 2.07. The van der Waals surface area contributed by atoms with E-state index in [1.807, 2.05) is 0 Å². The molecule has 23 heavy (non-hydrogen) atoms. The highest BCUT2D eigenvalue weighted by molar-refractivity contribution is 7.73. The van der Waals surface area contributed by atoms with E-state index in [1.54, 1.807) is 0 Å². The van der Waals surface area contributed by atoms with E-state index in [0.29, 0.717) is 7.91 Å². The standard InChI is InChI=1S/C10H10N4O5S4/c15-7(5-11-13-9(20)22-5)18-3-1-17-2-4-19-8(16)6-12-14-10(21)23-6/h1-4H2,(H,13,20)(H,14,21). The van der Waals surface area contributed by atoms with Gasteiger partial charge in [0.05, 0.1) is 13.2 Å². The summed E-state index contributed by atoms with van der Waals surface area (Å²) in [6, 6.07) is 0. The first kappa shape index (κ1) is 17.8. The Kier molecular flexibility index (Phi) is 6.91. The van der Waals surface area contributed by atoms with Crippen molar-refractivity contribution in [2.45, 2.75) is 0 Å². The van der Waals surface area contributed by atoms with Gasteiger partial charge in [-0.05, 0) is 24.4 Å². The number of nitrogens with one attached hydrogen (secondary N) is 2. The van der Waals surface area contributed by atoms with Crippen LogP contribution in [-0.2, 0) is 14.2 Å². The van der Waals surface area contributed by atoms with Gasteiger partial charge in [0.2, 0.25) is 10.0 Å². The fourth-order valence-electron chi connectivity index (χ4n) is 1.25. The zero-order valence-electron chi connectivity index (χ0n) is 11.4. The van der Waals surface area contributed by atoms with E-state index in [2.05, 4.69) is 20.4 Å². The lowest BCUT2D eigenvalue weighted by Crippen LogP contribution is -2.14. The number of aromatic nitrogens is 4. The van der Waals surface area contributed by atoms with Crippen LogP contribution in [-0.4, -0.2) is 58.8 Å². The zero-order chi connectivity index (χ0) is 16.7. The molecule has 0 aliphatic carbocycles. The summed E-state index contributed by atoms with van der Waals surface area (Å²) < 4.78 is 15.8. The molecule has 2 aromatic heterocycles. The van der Waals surface area contributed by atoms with Crippen molar-refractivity contribution in [2.75, 3.05) is 26.4 Å². The molecule has 0 amide bonds. The van der Waals surface area contributed by atoms with Crippen LogP contribution in [0.3, 0.4) is 0 Å². The quantitative estimate of drug-likeness (QED) is 0.392. The van der Waals surface area contributed by atoms with Crippen molar-refractivity contribution in [3.05, 3.63) is 17.9 Å². The second-order valence-corrected chi connectivity index (χ2v) is 7.05. The number of hydrogen-bond acceptors (Lipinski definition) is 11. The van der Waals surface area contributed by atoms with Crippen molar-refractivity contribution in [1.82, 2.24) is 20.4 Å². The summed E-state index contributed by atoms with van der Waals surface area (Å²) in [5, 5.41) is 12.7. The molecule has 0 aromatic carbocycles. The van der Waals surface area contributed by atoms with E-state index in [0.717, 1.165) is 22.7 Å². The van der Waals surface area contributed by atoms with Crippen LogP contribution in [0.25, 0.3) is 0 Å². The Labute approximate surface area is 147 Å².